The van der Waals surface area contributed by atoms with Crippen LogP contribution in [-0.4, -0.2) is 19.3 Å². The lowest BCUT2D eigenvalue weighted by molar-refractivity contribution is 0.397. The molecule has 0 saturated heterocycles. The Bertz CT molecular complexity index is 772. The fourth-order valence-corrected chi connectivity index (χ4v) is 2.52. The lowest BCUT2D eigenvalue weighted by Crippen LogP contribution is -1.92. The van der Waals surface area contributed by atoms with Gasteiger partial charge in [0.1, 0.15) is 17.2 Å². The third-order valence-electron chi connectivity index (χ3n) is 3.54. The van der Waals surface area contributed by atoms with Crippen molar-refractivity contribution in [1.82, 2.24) is 0 Å². The quantitative estimate of drug-likeness (QED) is 0.717. The molecule has 120 valence electrons. The number of hydrogen-bond acceptors (Lipinski definition) is 3. The Morgan fingerprint density at radius 1 is 0.739 bits per heavy atom. The minimum atomic E-state index is 0.269. The summed E-state index contributed by atoms with van der Waals surface area (Å²) in [4.78, 5) is 0. The molecule has 3 rings (SSSR count). The molecule has 0 unspecified atom stereocenters. The monoisotopic (exact) mass is 310 g/mol. The number of phenols is 1. The fraction of sp³-hybridized carbons (Fsp3) is 0.200. The van der Waals surface area contributed by atoms with Crippen LogP contribution in [0.4, 0.5) is 0 Å². The average Bonchev–Trinajstić information content (AvgIpc) is 2.62. The maximum atomic E-state index is 9.54. The first-order valence-electron chi connectivity index (χ1n) is 7.67. The highest BCUT2D eigenvalue weighted by molar-refractivity contribution is 5.90. The predicted octanol–water partition coefficient (Wildman–Crippen LogP) is 5.26. The van der Waals surface area contributed by atoms with Crippen molar-refractivity contribution in [1.29, 1.82) is 0 Å². The van der Waals surface area contributed by atoms with E-state index in [2.05, 4.69) is 6.07 Å². The number of benzene rings is 3. The Morgan fingerprint density at radius 3 is 1.91 bits per heavy atom. The van der Waals surface area contributed by atoms with Crippen LogP contribution in [0.3, 0.4) is 0 Å². The molecule has 0 bridgehead atoms. The number of ether oxygens (including phenoxy) is 2. The van der Waals surface area contributed by atoms with Gasteiger partial charge in [-0.2, -0.15) is 0 Å². The molecule has 0 saturated carbocycles. The van der Waals surface area contributed by atoms with Gasteiger partial charge in [0.05, 0.1) is 19.8 Å². The summed E-state index contributed by atoms with van der Waals surface area (Å²) < 4.78 is 10.9. The lowest BCUT2D eigenvalue weighted by atomic mass is 9.99. The van der Waals surface area contributed by atoms with Crippen molar-refractivity contribution < 1.29 is 14.6 Å². The normalized spacial score (nSPS) is 9.91. The minimum absolute atomic E-state index is 0.269. The molecule has 0 aliphatic heterocycles. The molecule has 0 aliphatic rings. The summed E-state index contributed by atoms with van der Waals surface area (Å²) in [5, 5.41) is 11.6. The van der Waals surface area contributed by atoms with Crippen LogP contribution in [0.5, 0.6) is 17.2 Å². The van der Waals surface area contributed by atoms with Gasteiger partial charge in [-0.05, 0) is 46.7 Å². The second-order valence-electron chi connectivity index (χ2n) is 4.78. The molecule has 0 heterocycles. The van der Waals surface area contributed by atoms with Crippen LogP contribution >= 0.6 is 0 Å². The Labute approximate surface area is 137 Å². The number of aromatic hydroxyl groups is 1. The summed E-state index contributed by atoms with van der Waals surface area (Å²) in [5.74, 6) is 1.81. The first-order chi connectivity index (χ1) is 11.2. The van der Waals surface area contributed by atoms with Crippen LogP contribution in [0.25, 0.3) is 21.9 Å². The van der Waals surface area contributed by atoms with Gasteiger partial charge in [0.25, 0.3) is 0 Å². The van der Waals surface area contributed by atoms with Crippen LogP contribution in [0, 0.1) is 0 Å². The molecule has 0 fully saturated rings. The van der Waals surface area contributed by atoms with Gasteiger partial charge in [0.15, 0.2) is 0 Å². The van der Waals surface area contributed by atoms with Gasteiger partial charge in [0, 0.05) is 0 Å². The van der Waals surface area contributed by atoms with Crippen LogP contribution in [0.2, 0.25) is 0 Å². The van der Waals surface area contributed by atoms with E-state index >= 15 is 0 Å². The van der Waals surface area contributed by atoms with E-state index in [1.165, 1.54) is 0 Å². The highest BCUT2D eigenvalue weighted by atomic mass is 16.5. The van der Waals surface area contributed by atoms with Crippen molar-refractivity contribution in [3.63, 3.8) is 0 Å². The zero-order valence-corrected chi connectivity index (χ0v) is 14.0. The first-order valence-corrected chi connectivity index (χ1v) is 7.67. The summed E-state index contributed by atoms with van der Waals surface area (Å²) >= 11 is 0. The number of phenolic OH excluding ortho intramolecular Hbond substituents is 1. The van der Waals surface area contributed by atoms with Crippen molar-refractivity contribution in [3.8, 4) is 28.4 Å². The van der Waals surface area contributed by atoms with Gasteiger partial charge < -0.3 is 14.6 Å². The van der Waals surface area contributed by atoms with E-state index < -0.39 is 0 Å². The molecule has 3 aromatic carbocycles. The van der Waals surface area contributed by atoms with Gasteiger partial charge in [0.2, 0.25) is 0 Å². The molecular weight excluding hydrogens is 288 g/mol. The molecule has 0 amide bonds. The highest BCUT2D eigenvalue weighted by Gasteiger charge is 2.12. The molecule has 1 N–H and O–H groups in total. The van der Waals surface area contributed by atoms with Crippen molar-refractivity contribution >= 4 is 10.8 Å². The molecule has 3 aromatic rings. The van der Waals surface area contributed by atoms with Crippen molar-refractivity contribution in [2.24, 2.45) is 0 Å². The standard InChI is InChI=1S/C18H16O3.C2H6/c1-20-16-4-3-5-17(21-2)18(16)14-7-6-13-11-15(19)9-8-12(13)10-14;1-2/h3-11,19H,1-2H3;1-2H3. The summed E-state index contributed by atoms with van der Waals surface area (Å²) in [5.41, 5.74) is 1.94. The van der Waals surface area contributed by atoms with Crippen LogP contribution in [0.1, 0.15) is 13.8 Å². The largest absolute Gasteiger partial charge is 0.508 e. The number of hydrogen-bond donors (Lipinski definition) is 1. The molecule has 0 spiro atoms. The summed E-state index contributed by atoms with van der Waals surface area (Å²) in [6.45, 7) is 4.00. The predicted molar refractivity (Wildman–Crippen MR) is 95.5 cm³/mol. The Balaban J connectivity index is 0.000000924. The first kappa shape index (κ1) is 16.7. The lowest BCUT2D eigenvalue weighted by Gasteiger charge is -2.13. The van der Waals surface area contributed by atoms with E-state index in [0.717, 1.165) is 33.4 Å². The SMILES string of the molecule is CC.COc1cccc(OC)c1-c1ccc2cc(O)ccc2c1. The van der Waals surface area contributed by atoms with Gasteiger partial charge >= 0.3 is 0 Å². The molecule has 0 aliphatic carbocycles. The van der Waals surface area contributed by atoms with E-state index in [1.807, 2.05) is 50.2 Å². The van der Waals surface area contributed by atoms with Gasteiger partial charge in [-0.1, -0.05) is 38.1 Å². The number of rotatable bonds is 3. The maximum absolute atomic E-state index is 9.54. The molecule has 0 radical (unpaired) electrons. The van der Waals surface area contributed by atoms with Gasteiger partial charge in [-0.15, -0.1) is 0 Å². The zero-order chi connectivity index (χ0) is 16.8. The molecule has 0 aromatic heterocycles. The van der Waals surface area contributed by atoms with Crippen molar-refractivity contribution in [2.75, 3.05) is 14.2 Å². The average molecular weight is 310 g/mol. The Hall–Kier alpha value is -2.68. The Morgan fingerprint density at radius 2 is 1.30 bits per heavy atom. The molecule has 3 nitrogen and oxygen atoms in total. The van der Waals surface area contributed by atoms with Crippen LogP contribution < -0.4 is 9.47 Å². The highest BCUT2D eigenvalue weighted by Crippen LogP contribution is 2.39. The van der Waals surface area contributed by atoms with Crippen molar-refractivity contribution in [3.05, 3.63) is 54.6 Å². The zero-order valence-electron chi connectivity index (χ0n) is 14.0. The third kappa shape index (κ3) is 3.39. The smallest absolute Gasteiger partial charge is 0.130 e. The number of methoxy groups -OCH3 is 2. The summed E-state index contributed by atoms with van der Waals surface area (Å²) in [6.07, 6.45) is 0. The van der Waals surface area contributed by atoms with Crippen LogP contribution in [0.15, 0.2) is 54.6 Å². The number of fused-ring (bicyclic) bond motifs is 1. The van der Waals surface area contributed by atoms with E-state index in [4.69, 9.17) is 9.47 Å². The fourth-order valence-electron chi connectivity index (χ4n) is 2.52. The van der Waals surface area contributed by atoms with Crippen LogP contribution in [-0.2, 0) is 0 Å². The second-order valence-corrected chi connectivity index (χ2v) is 4.78. The van der Waals surface area contributed by atoms with Gasteiger partial charge in [-0.3, -0.25) is 0 Å². The van der Waals surface area contributed by atoms with Gasteiger partial charge in [-0.25, -0.2) is 0 Å². The minimum Gasteiger partial charge on any atom is -0.508 e. The molecule has 3 heteroatoms. The topological polar surface area (TPSA) is 38.7 Å². The van der Waals surface area contributed by atoms with E-state index in [-0.39, 0.29) is 5.75 Å². The second kappa shape index (κ2) is 7.54. The molecule has 0 atom stereocenters. The van der Waals surface area contributed by atoms with E-state index in [9.17, 15) is 5.11 Å². The maximum Gasteiger partial charge on any atom is 0.130 e. The third-order valence-corrected chi connectivity index (χ3v) is 3.54. The van der Waals surface area contributed by atoms with Crippen molar-refractivity contribution in [2.45, 2.75) is 13.8 Å². The Kier molecular flexibility index (Phi) is 5.47. The van der Waals surface area contributed by atoms with E-state index in [0.29, 0.717) is 0 Å². The molecular formula is C20H22O3. The summed E-state index contributed by atoms with van der Waals surface area (Å²) in [7, 11) is 3.30. The van der Waals surface area contributed by atoms with E-state index in [1.54, 1.807) is 26.4 Å². The molecule has 23 heavy (non-hydrogen) atoms. The summed E-state index contributed by atoms with van der Waals surface area (Å²) in [6, 6.07) is 17.1.